The average molecular weight is 268 g/mol. The van der Waals surface area contributed by atoms with Crippen molar-refractivity contribution in [3.63, 3.8) is 0 Å². The molecule has 1 aromatic heterocycles. The average Bonchev–Trinajstić information content (AvgIpc) is 2.81. The highest BCUT2D eigenvalue weighted by molar-refractivity contribution is 7.09. The van der Waals surface area contributed by atoms with Gasteiger partial charge in [0.1, 0.15) is 11.6 Å². The van der Waals surface area contributed by atoms with Gasteiger partial charge in [0.15, 0.2) is 0 Å². The van der Waals surface area contributed by atoms with E-state index in [1.165, 1.54) is 17.4 Å². The van der Waals surface area contributed by atoms with Crippen LogP contribution in [0.15, 0.2) is 23.6 Å². The minimum atomic E-state index is -0.455. The first-order chi connectivity index (χ1) is 8.70. The van der Waals surface area contributed by atoms with E-state index in [1.54, 1.807) is 5.38 Å². The number of hydrogen-bond acceptors (Lipinski definition) is 3. The normalized spacial score (nSPS) is 10.8. The third-order valence-corrected chi connectivity index (χ3v) is 3.51. The van der Waals surface area contributed by atoms with Crippen molar-refractivity contribution >= 4 is 11.3 Å². The van der Waals surface area contributed by atoms with Gasteiger partial charge in [-0.25, -0.2) is 13.8 Å². The summed E-state index contributed by atoms with van der Waals surface area (Å²) in [6.45, 7) is 0.663. The van der Waals surface area contributed by atoms with Gasteiger partial charge in [-0.1, -0.05) is 0 Å². The Balaban J connectivity index is 2.16. The molecule has 0 unspecified atom stereocenters. The van der Waals surface area contributed by atoms with E-state index in [2.05, 4.69) is 4.98 Å². The van der Waals surface area contributed by atoms with Crippen molar-refractivity contribution in [2.24, 2.45) is 5.73 Å². The van der Waals surface area contributed by atoms with Gasteiger partial charge >= 0.3 is 0 Å². The van der Waals surface area contributed by atoms with Crippen molar-refractivity contribution in [1.29, 1.82) is 0 Å². The summed E-state index contributed by atoms with van der Waals surface area (Å²) in [4.78, 5) is 4.33. The van der Waals surface area contributed by atoms with Crippen molar-refractivity contribution in [2.45, 2.75) is 19.3 Å². The third kappa shape index (κ3) is 3.11. The maximum absolute atomic E-state index is 13.6. The molecule has 0 aliphatic heterocycles. The van der Waals surface area contributed by atoms with Crippen molar-refractivity contribution in [3.05, 3.63) is 40.2 Å². The number of halogens is 2. The smallest absolute Gasteiger partial charge is 0.132 e. The van der Waals surface area contributed by atoms with Crippen LogP contribution in [0.1, 0.15) is 17.8 Å². The molecule has 0 atom stereocenters. The molecule has 0 saturated carbocycles. The molecule has 1 aromatic carbocycles. The first kappa shape index (κ1) is 13.1. The first-order valence-corrected chi connectivity index (χ1v) is 6.68. The zero-order chi connectivity index (χ0) is 13.0. The Kier molecular flexibility index (Phi) is 4.38. The second kappa shape index (κ2) is 6.02. The fourth-order valence-corrected chi connectivity index (χ4v) is 2.50. The van der Waals surface area contributed by atoms with Crippen LogP contribution in [0.2, 0.25) is 0 Å². The van der Waals surface area contributed by atoms with Crippen LogP contribution in [0.25, 0.3) is 11.3 Å². The van der Waals surface area contributed by atoms with Gasteiger partial charge in [0, 0.05) is 10.9 Å². The highest BCUT2D eigenvalue weighted by atomic mass is 32.1. The van der Waals surface area contributed by atoms with E-state index in [-0.39, 0.29) is 5.56 Å². The Hall–Kier alpha value is -1.33. The molecule has 0 aliphatic carbocycles. The Morgan fingerprint density at radius 2 is 2.06 bits per heavy atom. The summed E-state index contributed by atoms with van der Waals surface area (Å²) in [5, 5.41) is 2.69. The molecule has 0 saturated heterocycles. The van der Waals surface area contributed by atoms with Gasteiger partial charge in [0.25, 0.3) is 0 Å². The van der Waals surface area contributed by atoms with E-state index in [0.717, 1.165) is 36.4 Å². The fraction of sp³-hybridized carbons (Fsp3) is 0.308. The first-order valence-electron chi connectivity index (χ1n) is 5.80. The second-order valence-corrected chi connectivity index (χ2v) is 4.94. The van der Waals surface area contributed by atoms with Crippen LogP contribution < -0.4 is 5.73 Å². The highest BCUT2D eigenvalue weighted by Crippen LogP contribution is 2.26. The topological polar surface area (TPSA) is 38.9 Å². The number of thiazole rings is 1. The molecule has 18 heavy (non-hydrogen) atoms. The van der Waals surface area contributed by atoms with Gasteiger partial charge in [-0.05, 0) is 44.0 Å². The molecule has 2 nitrogen and oxygen atoms in total. The number of aromatic nitrogens is 1. The SMILES string of the molecule is NCCCCc1nc(-c2cc(F)ccc2F)cs1. The number of unbranched alkanes of at least 4 members (excludes halogenated alkanes) is 1. The lowest BCUT2D eigenvalue weighted by Crippen LogP contribution is -1.98. The minimum absolute atomic E-state index is 0.219. The van der Waals surface area contributed by atoms with E-state index in [9.17, 15) is 8.78 Å². The largest absolute Gasteiger partial charge is 0.330 e. The molecule has 0 spiro atoms. The van der Waals surface area contributed by atoms with E-state index in [4.69, 9.17) is 5.73 Å². The number of aryl methyl sites for hydroxylation is 1. The van der Waals surface area contributed by atoms with E-state index >= 15 is 0 Å². The summed E-state index contributed by atoms with van der Waals surface area (Å²) in [6, 6.07) is 3.40. The van der Waals surface area contributed by atoms with Crippen molar-refractivity contribution < 1.29 is 8.78 Å². The fourth-order valence-electron chi connectivity index (χ4n) is 1.66. The van der Waals surface area contributed by atoms with Crippen LogP contribution in [0.4, 0.5) is 8.78 Å². The Morgan fingerprint density at radius 1 is 1.22 bits per heavy atom. The summed E-state index contributed by atoms with van der Waals surface area (Å²) >= 11 is 1.47. The molecule has 1 heterocycles. The van der Waals surface area contributed by atoms with Crippen LogP contribution in [-0.2, 0) is 6.42 Å². The zero-order valence-corrected chi connectivity index (χ0v) is 10.6. The molecule has 5 heteroatoms. The van der Waals surface area contributed by atoms with Gasteiger partial charge in [-0.3, -0.25) is 0 Å². The standard InChI is InChI=1S/C13H14F2N2S/c14-9-4-5-11(15)10(7-9)12-8-18-13(17-12)3-1-2-6-16/h4-5,7-8H,1-3,6,16H2. The second-order valence-electron chi connectivity index (χ2n) is 4.00. The molecule has 2 rings (SSSR count). The molecular weight excluding hydrogens is 254 g/mol. The van der Waals surface area contributed by atoms with E-state index < -0.39 is 11.6 Å². The zero-order valence-electron chi connectivity index (χ0n) is 9.83. The molecule has 0 bridgehead atoms. The summed E-state index contributed by atoms with van der Waals surface area (Å²) in [7, 11) is 0. The Morgan fingerprint density at radius 3 is 2.83 bits per heavy atom. The highest BCUT2D eigenvalue weighted by Gasteiger charge is 2.10. The summed E-state index contributed by atoms with van der Waals surface area (Å²) in [5.41, 5.74) is 6.14. The molecule has 0 aliphatic rings. The van der Waals surface area contributed by atoms with Gasteiger partial charge in [-0.15, -0.1) is 11.3 Å². The molecule has 0 radical (unpaired) electrons. The van der Waals surface area contributed by atoms with Gasteiger partial charge in [0.2, 0.25) is 0 Å². The lowest BCUT2D eigenvalue weighted by Gasteiger charge is -1.99. The van der Waals surface area contributed by atoms with Gasteiger partial charge < -0.3 is 5.73 Å². The van der Waals surface area contributed by atoms with Crippen LogP contribution >= 0.6 is 11.3 Å². The minimum Gasteiger partial charge on any atom is -0.330 e. The Bertz CT molecular complexity index is 525. The Labute approximate surface area is 108 Å². The monoisotopic (exact) mass is 268 g/mol. The predicted octanol–water partition coefficient (Wildman–Crippen LogP) is 3.37. The number of hydrogen-bond donors (Lipinski definition) is 1. The quantitative estimate of drug-likeness (QED) is 0.844. The van der Waals surface area contributed by atoms with Crippen LogP contribution in [0.5, 0.6) is 0 Å². The van der Waals surface area contributed by atoms with Crippen LogP contribution in [0.3, 0.4) is 0 Å². The molecule has 0 fully saturated rings. The predicted molar refractivity (Wildman–Crippen MR) is 69.5 cm³/mol. The van der Waals surface area contributed by atoms with E-state index in [0.29, 0.717) is 12.2 Å². The maximum atomic E-state index is 13.6. The lowest BCUT2D eigenvalue weighted by atomic mass is 10.1. The van der Waals surface area contributed by atoms with E-state index in [1.807, 2.05) is 0 Å². The summed E-state index contributed by atoms with van der Waals surface area (Å²) in [6.07, 6.45) is 2.75. The number of rotatable bonds is 5. The molecule has 0 amide bonds. The summed E-state index contributed by atoms with van der Waals surface area (Å²) in [5.74, 6) is -0.903. The van der Waals surface area contributed by atoms with Gasteiger partial charge in [-0.2, -0.15) is 0 Å². The van der Waals surface area contributed by atoms with Crippen LogP contribution in [-0.4, -0.2) is 11.5 Å². The summed E-state index contributed by atoms with van der Waals surface area (Å²) < 4.78 is 26.6. The molecular formula is C13H14F2N2S. The lowest BCUT2D eigenvalue weighted by molar-refractivity contribution is 0.602. The third-order valence-electron chi connectivity index (χ3n) is 2.60. The maximum Gasteiger partial charge on any atom is 0.132 e. The van der Waals surface area contributed by atoms with Gasteiger partial charge in [0.05, 0.1) is 10.7 Å². The number of nitrogens with two attached hydrogens (primary N) is 1. The number of benzene rings is 1. The molecule has 2 N–H and O–H groups in total. The van der Waals surface area contributed by atoms with Crippen molar-refractivity contribution in [2.75, 3.05) is 6.54 Å². The number of nitrogens with zero attached hydrogens (tertiary/aromatic N) is 1. The molecule has 96 valence electrons. The van der Waals surface area contributed by atoms with Crippen molar-refractivity contribution in [1.82, 2.24) is 4.98 Å². The van der Waals surface area contributed by atoms with Crippen molar-refractivity contribution in [3.8, 4) is 11.3 Å². The molecule has 2 aromatic rings. The van der Waals surface area contributed by atoms with Crippen LogP contribution in [0, 0.1) is 11.6 Å².